The Labute approximate surface area is 275 Å². The van der Waals surface area contributed by atoms with Crippen LogP contribution in [0.25, 0.3) is 0 Å². The van der Waals surface area contributed by atoms with Crippen LogP contribution >= 0.6 is 0 Å². The Morgan fingerprint density at radius 3 is 2.62 bits per heavy atom. The van der Waals surface area contributed by atoms with Crippen molar-refractivity contribution < 1.29 is 42.8 Å². The molecule has 5 atom stereocenters. The number of amides is 1. The van der Waals surface area contributed by atoms with Gasteiger partial charge in [0.2, 0.25) is 6.79 Å². The van der Waals surface area contributed by atoms with E-state index in [0.29, 0.717) is 51.0 Å². The fourth-order valence-corrected chi connectivity index (χ4v) is 6.40. The van der Waals surface area contributed by atoms with E-state index < -0.39 is 24.3 Å². The van der Waals surface area contributed by atoms with E-state index in [1.807, 2.05) is 56.3 Å². The zero-order valence-corrected chi connectivity index (χ0v) is 27.5. The average molecular weight is 652 g/mol. The number of hydrogen-bond acceptors (Lipinski definition) is 11. The molecule has 3 aromatic rings. The number of benzene rings is 2. The number of alkyl carbamates (subject to hydrolysis) is 1. The van der Waals surface area contributed by atoms with Crippen LogP contribution < -0.4 is 19.5 Å². The van der Waals surface area contributed by atoms with Crippen LogP contribution in [0.2, 0.25) is 0 Å². The summed E-state index contributed by atoms with van der Waals surface area (Å²) >= 11 is 0. The van der Waals surface area contributed by atoms with Crippen LogP contribution in [0.4, 0.5) is 4.79 Å². The van der Waals surface area contributed by atoms with Gasteiger partial charge < -0.3 is 43.4 Å². The smallest absolute Gasteiger partial charge is 0.407 e. The van der Waals surface area contributed by atoms with Crippen molar-refractivity contribution in [1.82, 2.24) is 15.4 Å². The topological polar surface area (TPSA) is 134 Å². The molecule has 12 nitrogen and oxygen atoms in total. The first-order valence-corrected chi connectivity index (χ1v) is 16.3. The summed E-state index contributed by atoms with van der Waals surface area (Å²) in [6.07, 6.45) is -1.03. The van der Waals surface area contributed by atoms with Gasteiger partial charge in [-0.2, -0.15) is 0 Å². The minimum Gasteiger partial charge on any atom is -0.489 e. The van der Waals surface area contributed by atoms with Gasteiger partial charge in [0.15, 0.2) is 17.8 Å². The number of ether oxygens (including phenoxy) is 6. The SMILES string of the molecule is Cc1noc(C)c1COc1ccc(C[C@H](NC(=O)O[C@H]2CO[C@H]3OCC[C@H]32)[C@H](O)CN(Cc2ccc3c(c2)OCO3)CC(C)C)cc1. The number of carbonyl (C=O) groups excluding carboxylic acids is 1. The van der Waals surface area contributed by atoms with Gasteiger partial charge in [0.05, 0.1) is 42.5 Å². The monoisotopic (exact) mass is 651 g/mol. The minimum absolute atomic E-state index is 0.0188. The normalized spacial score (nSPS) is 21.2. The molecule has 2 N–H and O–H groups in total. The van der Waals surface area contributed by atoms with Crippen LogP contribution in [0.3, 0.4) is 0 Å². The molecule has 2 fully saturated rings. The van der Waals surface area contributed by atoms with Gasteiger partial charge in [0, 0.05) is 19.6 Å². The lowest BCUT2D eigenvalue weighted by Gasteiger charge is -2.31. The molecule has 3 aliphatic rings. The van der Waals surface area contributed by atoms with Crippen LogP contribution in [0, 0.1) is 25.7 Å². The number of carbonyl (C=O) groups is 1. The molecule has 6 rings (SSSR count). The van der Waals surface area contributed by atoms with Crippen LogP contribution in [-0.2, 0) is 33.8 Å². The van der Waals surface area contributed by atoms with Crippen molar-refractivity contribution in [2.75, 3.05) is 33.1 Å². The Balaban J connectivity index is 1.13. The quantitative estimate of drug-likeness (QED) is 0.255. The van der Waals surface area contributed by atoms with E-state index in [2.05, 4.69) is 29.2 Å². The minimum atomic E-state index is -0.895. The molecule has 4 heterocycles. The predicted octanol–water partition coefficient (Wildman–Crippen LogP) is 4.52. The number of hydrogen-bond donors (Lipinski definition) is 2. The molecule has 1 aromatic heterocycles. The van der Waals surface area contributed by atoms with Gasteiger partial charge in [-0.25, -0.2) is 4.79 Å². The second-order valence-electron chi connectivity index (χ2n) is 13.0. The van der Waals surface area contributed by atoms with Crippen molar-refractivity contribution in [2.45, 2.75) is 78.2 Å². The van der Waals surface area contributed by atoms with Crippen molar-refractivity contribution >= 4 is 6.09 Å². The van der Waals surface area contributed by atoms with Crippen LogP contribution in [0.15, 0.2) is 47.0 Å². The first kappa shape index (κ1) is 33.1. The molecule has 0 radical (unpaired) electrons. The molecule has 1 amide bonds. The van der Waals surface area contributed by atoms with Gasteiger partial charge in [-0.05, 0) is 68.0 Å². The Kier molecular flexibility index (Phi) is 10.5. The molecule has 254 valence electrons. The maximum atomic E-state index is 13.2. The fourth-order valence-electron chi connectivity index (χ4n) is 6.40. The average Bonchev–Trinajstić information content (AvgIpc) is 3.83. The van der Waals surface area contributed by atoms with Crippen LogP contribution in [0.1, 0.15) is 48.4 Å². The van der Waals surface area contributed by atoms with Crippen molar-refractivity contribution in [1.29, 1.82) is 0 Å². The van der Waals surface area contributed by atoms with Gasteiger partial charge in [0.1, 0.15) is 24.2 Å². The summed E-state index contributed by atoms with van der Waals surface area (Å²) in [4.78, 5) is 15.4. The molecule has 3 aliphatic heterocycles. The van der Waals surface area contributed by atoms with Gasteiger partial charge in [-0.15, -0.1) is 0 Å². The highest BCUT2D eigenvalue weighted by Crippen LogP contribution is 2.34. The van der Waals surface area contributed by atoms with Gasteiger partial charge in [0.25, 0.3) is 0 Å². The predicted molar refractivity (Wildman–Crippen MR) is 170 cm³/mol. The summed E-state index contributed by atoms with van der Waals surface area (Å²) in [5, 5.41) is 18.7. The molecule has 0 bridgehead atoms. The molecule has 2 aromatic carbocycles. The lowest BCUT2D eigenvalue weighted by molar-refractivity contribution is -0.0907. The second-order valence-corrected chi connectivity index (χ2v) is 13.0. The maximum absolute atomic E-state index is 13.2. The Bertz CT molecular complexity index is 1470. The molecule has 2 saturated heterocycles. The highest BCUT2D eigenvalue weighted by Gasteiger charge is 2.44. The van der Waals surface area contributed by atoms with E-state index in [4.69, 9.17) is 32.9 Å². The van der Waals surface area contributed by atoms with Crippen molar-refractivity contribution in [3.05, 3.63) is 70.6 Å². The molecule has 0 aliphatic carbocycles. The lowest BCUT2D eigenvalue weighted by atomic mass is 10.00. The largest absolute Gasteiger partial charge is 0.489 e. The third kappa shape index (κ3) is 8.36. The third-order valence-corrected chi connectivity index (χ3v) is 8.87. The number of fused-ring (bicyclic) bond motifs is 2. The molecular weight excluding hydrogens is 606 g/mol. The lowest BCUT2D eigenvalue weighted by Crippen LogP contribution is -2.50. The van der Waals surface area contributed by atoms with E-state index in [1.165, 1.54) is 0 Å². The zero-order chi connectivity index (χ0) is 32.9. The molecule has 0 saturated carbocycles. The van der Waals surface area contributed by atoms with Gasteiger partial charge in [-0.1, -0.05) is 37.2 Å². The fraction of sp³-hybridized carbons (Fsp3) is 0.543. The van der Waals surface area contributed by atoms with E-state index in [-0.39, 0.29) is 19.0 Å². The van der Waals surface area contributed by atoms with Crippen LogP contribution in [0.5, 0.6) is 17.2 Å². The number of nitrogens with zero attached hydrogens (tertiary/aromatic N) is 2. The number of rotatable bonds is 14. The van der Waals surface area contributed by atoms with Crippen molar-refractivity contribution in [3.63, 3.8) is 0 Å². The Morgan fingerprint density at radius 2 is 1.85 bits per heavy atom. The summed E-state index contributed by atoms with van der Waals surface area (Å²) in [6.45, 7) is 11.2. The molecule has 12 heteroatoms. The van der Waals surface area contributed by atoms with Crippen molar-refractivity contribution in [2.24, 2.45) is 11.8 Å². The summed E-state index contributed by atoms with van der Waals surface area (Å²) in [5.74, 6) is 3.26. The standard InChI is InChI=1S/C35H45N3O9/c1-21(2)15-38(16-25-7-10-31-32(14-25)45-20-44-31)17-30(39)29(36-35(40)46-33-19-43-34-27(33)11-12-41-34)13-24-5-8-26(9-6-24)42-18-28-22(3)37-47-23(28)4/h5-10,14,21,27,29-30,33-34,39H,11-13,15-20H2,1-4H3,(H,36,40)/t27-,29-,30+,33-,34+/m0/s1. The van der Waals surface area contributed by atoms with Crippen LogP contribution in [-0.4, -0.2) is 78.9 Å². The second kappa shape index (κ2) is 14.9. The molecule has 47 heavy (non-hydrogen) atoms. The highest BCUT2D eigenvalue weighted by molar-refractivity contribution is 5.68. The van der Waals surface area contributed by atoms with Gasteiger partial charge >= 0.3 is 6.09 Å². The van der Waals surface area contributed by atoms with Gasteiger partial charge in [-0.3, -0.25) is 4.90 Å². The summed E-state index contributed by atoms with van der Waals surface area (Å²) < 4.78 is 39.3. The zero-order valence-electron chi connectivity index (χ0n) is 27.5. The van der Waals surface area contributed by atoms with Crippen molar-refractivity contribution in [3.8, 4) is 17.2 Å². The van der Waals surface area contributed by atoms with E-state index >= 15 is 0 Å². The first-order chi connectivity index (χ1) is 22.7. The summed E-state index contributed by atoms with van der Waals surface area (Å²) in [5.41, 5.74) is 3.71. The van der Waals surface area contributed by atoms with E-state index in [1.54, 1.807) is 0 Å². The highest BCUT2D eigenvalue weighted by atomic mass is 16.7. The summed E-state index contributed by atoms with van der Waals surface area (Å²) in [7, 11) is 0. The number of nitrogens with one attached hydrogen (secondary N) is 1. The molecular formula is C35H45N3O9. The van der Waals surface area contributed by atoms with E-state index in [0.717, 1.165) is 52.6 Å². The molecule has 0 unspecified atom stereocenters. The first-order valence-electron chi connectivity index (χ1n) is 16.3. The summed E-state index contributed by atoms with van der Waals surface area (Å²) in [6, 6.07) is 12.9. The molecule has 0 spiro atoms. The number of aliphatic hydroxyl groups excluding tert-OH is 1. The van der Waals surface area contributed by atoms with E-state index in [9.17, 15) is 9.90 Å². The number of aryl methyl sites for hydroxylation is 2. The Hall–Kier alpha value is -3.84. The maximum Gasteiger partial charge on any atom is 0.407 e. The number of aliphatic hydroxyl groups is 1. The number of aromatic nitrogens is 1. The Morgan fingerprint density at radius 1 is 1.06 bits per heavy atom. The third-order valence-electron chi connectivity index (χ3n) is 8.87.